The van der Waals surface area contributed by atoms with E-state index < -0.39 is 10.0 Å². The van der Waals surface area contributed by atoms with Crippen LogP contribution in [0, 0.1) is 5.92 Å². The molecule has 0 spiro atoms. The van der Waals surface area contributed by atoms with Gasteiger partial charge in [0.2, 0.25) is 10.0 Å². The predicted octanol–water partition coefficient (Wildman–Crippen LogP) is 0.849. The lowest BCUT2D eigenvalue weighted by Gasteiger charge is -2.19. The summed E-state index contributed by atoms with van der Waals surface area (Å²) >= 11 is 0. The molecule has 19 heavy (non-hydrogen) atoms. The van der Waals surface area contributed by atoms with Crippen molar-refractivity contribution in [3.63, 3.8) is 0 Å². The maximum absolute atomic E-state index is 12.1. The zero-order valence-electron chi connectivity index (χ0n) is 10.7. The van der Waals surface area contributed by atoms with Crippen LogP contribution in [0.15, 0.2) is 24.3 Å². The van der Waals surface area contributed by atoms with Gasteiger partial charge in [-0.2, -0.15) is 0 Å². The number of para-hydroxylation sites is 1. The Bertz CT molecular complexity index is 530. The molecule has 0 heterocycles. The first-order chi connectivity index (χ1) is 9.02. The van der Waals surface area contributed by atoms with E-state index in [-0.39, 0.29) is 24.3 Å². The van der Waals surface area contributed by atoms with Crippen LogP contribution in [0.25, 0.3) is 0 Å². The van der Waals surface area contributed by atoms with Crippen LogP contribution in [0.3, 0.4) is 0 Å². The van der Waals surface area contributed by atoms with Crippen LogP contribution in [0.1, 0.15) is 24.8 Å². The first kappa shape index (κ1) is 14.3. The molecule has 1 aromatic carbocycles. The highest BCUT2D eigenvalue weighted by Crippen LogP contribution is 2.26. The molecule has 5 nitrogen and oxygen atoms in total. The van der Waals surface area contributed by atoms with Gasteiger partial charge < -0.3 is 10.8 Å². The summed E-state index contributed by atoms with van der Waals surface area (Å²) in [4.78, 5) is 0. The molecule has 0 radical (unpaired) electrons. The molecule has 6 heteroatoms. The summed E-state index contributed by atoms with van der Waals surface area (Å²) in [6.07, 6.45) is 2.61. The Kier molecular flexibility index (Phi) is 4.44. The lowest BCUT2D eigenvalue weighted by atomic mass is 10.1. The largest absolute Gasteiger partial charge is 0.398 e. The van der Waals surface area contributed by atoms with Crippen molar-refractivity contribution in [1.82, 2.24) is 4.72 Å². The predicted molar refractivity (Wildman–Crippen MR) is 74.8 cm³/mol. The van der Waals surface area contributed by atoms with E-state index in [0.717, 1.165) is 19.3 Å². The van der Waals surface area contributed by atoms with Gasteiger partial charge in [-0.25, -0.2) is 13.1 Å². The molecule has 2 unspecified atom stereocenters. The van der Waals surface area contributed by atoms with Crippen LogP contribution in [-0.2, 0) is 15.8 Å². The highest BCUT2D eigenvalue weighted by Gasteiger charge is 2.30. The van der Waals surface area contributed by atoms with E-state index in [2.05, 4.69) is 4.72 Å². The summed E-state index contributed by atoms with van der Waals surface area (Å²) in [7, 11) is -3.42. The fourth-order valence-electron chi connectivity index (χ4n) is 2.55. The van der Waals surface area contributed by atoms with Crippen LogP contribution >= 0.6 is 0 Å². The maximum Gasteiger partial charge on any atom is 0.216 e. The Labute approximate surface area is 113 Å². The third kappa shape index (κ3) is 3.68. The number of nitrogens with one attached hydrogen (secondary N) is 1. The van der Waals surface area contributed by atoms with Gasteiger partial charge in [0, 0.05) is 18.3 Å². The molecule has 0 aliphatic heterocycles. The van der Waals surface area contributed by atoms with Crippen molar-refractivity contribution < 1.29 is 13.5 Å². The van der Waals surface area contributed by atoms with Crippen molar-refractivity contribution in [2.75, 3.05) is 12.3 Å². The van der Waals surface area contributed by atoms with Gasteiger partial charge in [0.1, 0.15) is 0 Å². The Morgan fingerprint density at radius 2 is 2.05 bits per heavy atom. The standard InChI is InChI=1S/C13H20N2O3S/c14-12-6-2-1-4-11(12)9-19(17,18)15-13-7-3-5-10(13)8-16/h1-2,4,6,10,13,15-16H,3,5,7-9,14H2. The van der Waals surface area contributed by atoms with Crippen molar-refractivity contribution in [1.29, 1.82) is 0 Å². The van der Waals surface area contributed by atoms with E-state index in [9.17, 15) is 13.5 Å². The van der Waals surface area contributed by atoms with Crippen LogP contribution in [0.5, 0.6) is 0 Å². The molecule has 1 aromatic rings. The Balaban J connectivity index is 2.05. The highest BCUT2D eigenvalue weighted by atomic mass is 32.2. The van der Waals surface area contributed by atoms with E-state index in [0.29, 0.717) is 11.3 Å². The molecular weight excluding hydrogens is 264 g/mol. The molecule has 106 valence electrons. The van der Waals surface area contributed by atoms with Crippen LogP contribution < -0.4 is 10.5 Å². The molecule has 2 atom stereocenters. The van der Waals surface area contributed by atoms with E-state index >= 15 is 0 Å². The van der Waals surface area contributed by atoms with E-state index in [1.807, 2.05) is 0 Å². The second kappa shape index (κ2) is 5.90. The first-order valence-electron chi connectivity index (χ1n) is 6.46. The number of aliphatic hydroxyl groups excluding tert-OH is 1. The molecule has 1 fully saturated rings. The van der Waals surface area contributed by atoms with Gasteiger partial charge >= 0.3 is 0 Å². The number of nitrogen functional groups attached to an aromatic ring is 1. The number of benzene rings is 1. The smallest absolute Gasteiger partial charge is 0.216 e. The summed E-state index contributed by atoms with van der Waals surface area (Å²) in [5, 5.41) is 9.21. The molecule has 0 bridgehead atoms. The minimum Gasteiger partial charge on any atom is -0.398 e. The van der Waals surface area contributed by atoms with E-state index in [1.54, 1.807) is 24.3 Å². The van der Waals surface area contributed by atoms with Gasteiger partial charge in [-0.3, -0.25) is 0 Å². The molecule has 1 aliphatic carbocycles. The average Bonchev–Trinajstić information content (AvgIpc) is 2.78. The summed E-state index contributed by atoms with van der Waals surface area (Å²) in [5.41, 5.74) is 6.85. The monoisotopic (exact) mass is 284 g/mol. The fourth-order valence-corrected chi connectivity index (χ4v) is 4.08. The third-order valence-corrected chi connectivity index (χ3v) is 4.98. The number of anilines is 1. The Morgan fingerprint density at radius 3 is 2.74 bits per heavy atom. The maximum atomic E-state index is 12.1. The zero-order chi connectivity index (χ0) is 13.9. The molecule has 2 rings (SSSR count). The number of hydrogen-bond acceptors (Lipinski definition) is 4. The third-order valence-electron chi connectivity index (χ3n) is 3.63. The summed E-state index contributed by atoms with van der Waals surface area (Å²) in [6.45, 7) is 0.0284. The second-order valence-electron chi connectivity index (χ2n) is 5.06. The molecular formula is C13H20N2O3S. The van der Waals surface area contributed by atoms with Crippen LogP contribution in [0.2, 0.25) is 0 Å². The van der Waals surface area contributed by atoms with Crippen molar-refractivity contribution in [2.24, 2.45) is 5.92 Å². The first-order valence-corrected chi connectivity index (χ1v) is 8.11. The van der Waals surface area contributed by atoms with Crippen LogP contribution in [-0.4, -0.2) is 26.2 Å². The SMILES string of the molecule is Nc1ccccc1CS(=O)(=O)NC1CCCC1CO. The zero-order valence-corrected chi connectivity index (χ0v) is 11.6. The Hall–Kier alpha value is -1.11. The quantitative estimate of drug-likeness (QED) is 0.699. The summed E-state index contributed by atoms with van der Waals surface area (Å²) < 4.78 is 26.9. The molecule has 0 aromatic heterocycles. The Morgan fingerprint density at radius 1 is 1.32 bits per heavy atom. The lowest BCUT2D eigenvalue weighted by Crippen LogP contribution is -2.39. The second-order valence-corrected chi connectivity index (χ2v) is 6.81. The topological polar surface area (TPSA) is 92.4 Å². The minimum atomic E-state index is -3.42. The van der Waals surface area contributed by atoms with Crippen molar-refractivity contribution in [3.8, 4) is 0 Å². The number of hydrogen-bond donors (Lipinski definition) is 3. The summed E-state index contributed by atoms with van der Waals surface area (Å²) in [6, 6.07) is 6.80. The van der Waals surface area contributed by atoms with Gasteiger partial charge in [0.25, 0.3) is 0 Å². The number of rotatable bonds is 5. The van der Waals surface area contributed by atoms with Gasteiger partial charge in [0.15, 0.2) is 0 Å². The highest BCUT2D eigenvalue weighted by molar-refractivity contribution is 7.88. The van der Waals surface area contributed by atoms with Gasteiger partial charge in [-0.05, 0) is 30.4 Å². The molecule has 1 aliphatic rings. The van der Waals surface area contributed by atoms with Crippen molar-refractivity contribution >= 4 is 15.7 Å². The molecule has 4 N–H and O–H groups in total. The summed E-state index contributed by atoms with van der Waals surface area (Å²) in [5.74, 6) is -0.0863. The van der Waals surface area contributed by atoms with Crippen molar-refractivity contribution in [2.45, 2.75) is 31.1 Å². The van der Waals surface area contributed by atoms with E-state index in [4.69, 9.17) is 5.73 Å². The number of sulfonamides is 1. The number of nitrogens with two attached hydrogens (primary N) is 1. The van der Waals surface area contributed by atoms with Gasteiger partial charge in [-0.15, -0.1) is 0 Å². The van der Waals surface area contributed by atoms with Gasteiger partial charge in [0.05, 0.1) is 5.75 Å². The average molecular weight is 284 g/mol. The normalized spacial score (nSPS) is 23.6. The van der Waals surface area contributed by atoms with E-state index in [1.165, 1.54) is 0 Å². The lowest BCUT2D eigenvalue weighted by molar-refractivity contribution is 0.213. The fraction of sp³-hybridized carbons (Fsp3) is 0.538. The molecule has 0 amide bonds. The van der Waals surface area contributed by atoms with Gasteiger partial charge in [-0.1, -0.05) is 24.6 Å². The van der Waals surface area contributed by atoms with Crippen LogP contribution in [0.4, 0.5) is 5.69 Å². The number of aliphatic hydroxyl groups is 1. The molecule has 1 saturated carbocycles. The molecule has 0 saturated heterocycles. The van der Waals surface area contributed by atoms with Crippen molar-refractivity contribution in [3.05, 3.63) is 29.8 Å². The minimum absolute atomic E-state index is 0.0284.